The lowest BCUT2D eigenvalue weighted by molar-refractivity contribution is 0.373. The fourth-order valence-electron chi connectivity index (χ4n) is 2.82. The maximum absolute atomic E-state index is 11.2. The Hall–Kier alpha value is -1.77. The first-order valence-electron chi connectivity index (χ1n) is 7.09. The second kappa shape index (κ2) is 5.47. The van der Waals surface area contributed by atoms with E-state index in [0.717, 1.165) is 23.5 Å². The minimum Gasteiger partial charge on any atom is -0.423 e. The smallest absolute Gasteiger partial charge is 0.336 e. The van der Waals surface area contributed by atoms with E-state index in [0.29, 0.717) is 5.58 Å². The van der Waals surface area contributed by atoms with Gasteiger partial charge in [0.1, 0.15) is 5.58 Å². The largest absolute Gasteiger partial charge is 0.423 e. The maximum atomic E-state index is 11.2. The lowest BCUT2D eigenvalue weighted by atomic mass is 9.89. The highest BCUT2D eigenvalue weighted by Crippen LogP contribution is 2.24. The van der Waals surface area contributed by atoms with Gasteiger partial charge < -0.3 is 9.73 Å². The minimum atomic E-state index is -0.295. The summed E-state index contributed by atoms with van der Waals surface area (Å²) in [4.78, 5) is 11.2. The normalized spacial score (nSPS) is 16.6. The Kier molecular flexibility index (Phi) is 3.53. The van der Waals surface area contributed by atoms with Gasteiger partial charge >= 0.3 is 5.63 Å². The standard InChI is InChI=1S/C16H19NO2/c18-16-9-7-13-6-8-14(10-15(13)19-16)17-11-12-4-2-1-3-5-12/h6-10,12,17H,1-5,11H2. The molecule has 0 atom stereocenters. The predicted molar refractivity (Wildman–Crippen MR) is 77.5 cm³/mol. The van der Waals surface area contributed by atoms with Crippen molar-refractivity contribution in [2.75, 3.05) is 11.9 Å². The quantitative estimate of drug-likeness (QED) is 0.851. The summed E-state index contributed by atoms with van der Waals surface area (Å²) in [5.41, 5.74) is 1.39. The molecule has 1 saturated carbocycles. The van der Waals surface area contributed by atoms with E-state index >= 15 is 0 Å². The van der Waals surface area contributed by atoms with Gasteiger partial charge in [0, 0.05) is 29.8 Å². The number of anilines is 1. The van der Waals surface area contributed by atoms with Gasteiger partial charge in [-0.25, -0.2) is 4.79 Å². The van der Waals surface area contributed by atoms with E-state index in [1.165, 1.54) is 38.2 Å². The van der Waals surface area contributed by atoms with Crippen LogP contribution in [0.4, 0.5) is 5.69 Å². The van der Waals surface area contributed by atoms with Crippen molar-refractivity contribution in [3.05, 3.63) is 40.8 Å². The molecule has 19 heavy (non-hydrogen) atoms. The molecule has 0 amide bonds. The number of hydrogen-bond donors (Lipinski definition) is 1. The van der Waals surface area contributed by atoms with Crippen molar-refractivity contribution in [3.8, 4) is 0 Å². The molecule has 1 fully saturated rings. The third kappa shape index (κ3) is 2.98. The Labute approximate surface area is 112 Å². The predicted octanol–water partition coefficient (Wildman–Crippen LogP) is 3.79. The molecular formula is C16H19NO2. The van der Waals surface area contributed by atoms with E-state index in [1.807, 2.05) is 18.2 Å². The lowest BCUT2D eigenvalue weighted by Gasteiger charge is -2.22. The zero-order valence-corrected chi connectivity index (χ0v) is 11.0. The van der Waals surface area contributed by atoms with Crippen molar-refractivity contribution in [1.29, 1.82) is 0 Å². The molecule has 1 heterocycles. The molecule has 0 radical (unpaired) electrons. The molecule has 0 spiro atoms. The number of fused-ring (bicyclic) bond motifs is 1. The average Bonchev–Trinajstić information content (AvgIpc) is 2.46. The van der Waals surface area contributed by atoms with Crippen LogP contribution in [0.1, 0.15) is 32.1 Å². The van der Waals surface area contributed by atoms with Crippen molar-refractivity contribution >= 4 is 16.7 Å². The van der Waals surface area contributed by atoms with Crippen LogP contribution in [-0.2, 0) is 0 Å². The summed E-state index contributed by atoms with van der Waals surface area (Å²) in [6.07, 6.45) is 6.76. The van der Waals surface area contributed by atoms with Gasteiger partial charge in [0.15, 0.2) is 0 Å². The molecule has 1 aliphatic rings. The molecule has 2 aromatic rings. The number of benzene rings is 1. The molecule has 3 nitrogen and oxygen atoms in total. The molecule has 1 aromatic heterocycles. The van der Waals surface area contributed by atoms with Gasteiger partial charge in [0.05, 0.1) is 0 Å². The molecule has 3 heteroatoms. The fourth-order valence-corrected chi connectivity index (χ4v) is 2.82. The Morgan fingerprint density at radius 3 is 2.74 bits per heavy atom. The van der Waals surface area contributed by atoms with Crippen LogP contribution in [0.2, 0.25) is 0 Å². The maximum Gasteiger partial charge on any atom is 0.336 e. The third-order valence-electron chi connectivity index (χ3n) is 3.94. The van der Waals surface area contributed by atoms with Crippen LogP contribution in [0.25, 0.3) is 11.0 Å². The summed E-state index contributed by atoms with van der Waals surface area (Å²) < 4.78 is 5.20. The van der Waals surface area contributed by atoms with Crippen LogP contribution in [0.5, 0.6) is 0 Å². The minimum absolute atomic E-state index is 0.295. The van der Waals surface area contributed by atoms with Gasteiger partial charge in [0.25, 0.3) is 0 Å². The van der Waals surface area contributed by atoms with Crippen LogP contribution in [-0.4, -0.2) is 6.54 Å². The summed E-state index contributed by atoms with van der Waals surface area (Å²) >= 11 is 0. The van der Waals surface area contributed by atoms with Gasteiger partial charge in [-0.05, 0) is 37.0 Å². The first-order chi connectivity index (χ1) is 9.31. The van der Waals surface area contributed by atoms with Gasteiger partial charge in [-0.2, -0.15) is 0 Å². The summed E-state index contributed by atoms with van der Waals surface area (Å²) in [5.74, 6) is 0.784. The van der Waals surface area contributed by atoms with Crippen molar-refractivity contribution < 1.29 is 4.42 Å². The zero-order chi connectivity index (χ0) is 13.1. The molecule has 0 aliphatic heterocycles. The van der Waals surface area contributed by atoms with Gasteiger partial charge in [-0.3, -0.25) is 0 Å². The third-order valence-corrected chi connectivity index (χ3v) is 3.94. The molecule has 1 N–H and O–H groups in total. The number of rotatable bonds is 3. The van der Waals surface area contributed by atoms with E-state index in [4.69, 9.17) is 4.42 Å². The highest BCUT2D eigenvalue weighted by Gasteiger charge is 2.12. The van der Waals surface area contributed by atoms with Crippen LogP contribution in [0.3, 0.4) is 0 Å². The topological polar surface area (TPSA) is 42.2 Å². The first kappa shape index (κ1) is 12.3. The SMILES string of the molecule is O=c1ccc2ccc(NCC3CCCCC3)cc2o1. The Balaban J connectivity index is 1.72. The second-order valence-electron chi connectivity index (χ2n) is 5.39. The lowest BCUT2D eigenvalue weighted by Crippen LogP contribution is -2.17. The molecule has 3 rings (SSSR count). The molecular weight excluding hydrogens is 238 g/mol. The van der Waals surface area contributed by atoms with E-state index in [2.05, 4.69) is 5.32 Å². The van der Waals surface area contributed by atoms with Crippen LogP contribution >= 0.6 is 0 Å². The van der Waals surface area contributed by atoms with Gasteiger partial charge in [-0.15, -0.1) is 0 Å². The summed E-state index contributed by atoms with van der Waals surface area (Å²) in [6, 6.07) is 9.20. The molecule has 0 unspecified atom stereocenters. The van der Waals surface area contributed by atoms with Crippen molar-refractivity contribution in [2.45, 2.75) is 32.1 Å². The molecule has 1 aliphatic carbocycles. The summed E-state index contributed by atoms with van der Waals surface area (Å²) in [6.45, 7) is 1.02. The van der Waals surface area contributed by atoms with Crippen molar-refractivity contribution in [2.24, 2.45) is 5.92 Å². The summed E-state index contributed by atoms with van der Waals surface area (Å²) in [7, 11) is 0. The Bertz CT molecular complexity index is 611. The molecule has 0 saturated heterocycles. The van der Waals surface area contributed by atoms with Crippen LogP contribution < -0.4 is 10.9 Å². The highest BCUT2D eigenvalue weighted by atomic mass is 16.4. The molecule has 0 bridgehead atoms. The fraction of sp³-hybridized carbons (Fsp3) is 0.438. The van der Waals surface area contributed by atoms with Gasteiger partial charge in [0.2, 0.25) is 0 Å². The van der Waals surface area contributed by atoms with E-state index < -0.39 is 0 Å². The number of hydrogen-bond acceptors (Lipinski definition) is 3. The highest BCUT2D eigenvalue weighted by molar-refractivity contribution is 5.80. The van der Waals surface area contributed by atoms with Crippen LogP contribution in [0.15, 0.2) is 39.5 Å². The van der Waals surface area contributed by atoms with Crippen molar-refractivity contribution in [1.82, 2.24) is 0 Å². The number of nitrogens with one attached hydrogen (secondary N) is 1. The molecule has 100 valence electrons. The van der Waals surface area contributed by atoms with Crippen LogP contribution in [0, 0.1) is 5.92 Å². The Morgan fingerprint density at radius 1 is 1.11 bits per heavy atom. The first-order valence-corrected chi connectivity index (χ1v) is 7.09. The Morgan fingerprint density at radius 2 is 1.89 bits per heavy atom. The average molecular weight is 257 g/mol. The molecule has 1 aromatic carbocycles. The van der Waals surface area contributed by atoms with E-state index in [1.54, 1.807) is 6.07 Å². The second-order valence-corrected chi connectivity index (χ2v) is 5.39. The van der Waals surface area contributed by atoms with E-state index in [9.17, 15) is 4.79 Å². The van der Waals surface area contributed by atoms with E-state index in [-0.39, 0.29) is 5.63 Å². The monoisotopic (exact) mass is 257 g/mol. The van der Waals surface area contributed by atoms with Crippen molar-refractivity contribution in [3.63, 3.8) is 0 Å². The van der Waals surface area contributed by atoms with Gasteiger partial charge in [-0.1, -0.05) is 19.3 Å². The zero-order valence-electron chi connectivity index (χ0n) is 11.0. The summed E-state index contributed by atoms with van der Waals surface area (Å²) in [5, 5.41) is 4.42.